The Bertz CT molecular complexity index is 481. The maximum absolute atomic E-state index is 11.9. The highest BCUT2D eigenvalue weighted by Crippen LogP contribution is 2.17. The summed E-state index contributed by atoms with van der Waals surface area (Å²) in [5.41, 5.74) is 0.824. The summed E-state index contributed by atoms with van der Waals surface area (Å²) in [7, 11) is 0. The number of aromatic nitrogens is 2. The van der Waals surface area contributed by atoms with Crippen LogP contribution in [0.15, 0.2) is 12.4 Å². The third-order valence-electron chi connectivity index (χ3n) is 3.34. The van der Waals surface area contributed by atoms with Crippen molar-refractivity contribution in [3.8, 4) is 0 Å². The molecule has 6 nitrogen and oxygen atoms in total. The Hall–Kier alpha value is -1.98. The summed E-state index contributed by atoms with van der Waals surface area (Å²) < 4.78 is 5.09. The van der Waals surface area contributed by atoms with Gasteiger partial charge in [0.15, 0.2) is 11.8 Å². The van der Waals surface area contributed by atoms with E-state index in [4.69, 9.17) is 4.74 Å². The van der Waals surface area contributed by atoms with Crippen LogP contribution in [-0.4, -0.2) is 34.0 Å². The van der Waals surface area contributed by atoms with Crippen molar-refractivity contribution in [2.24, 2.45) is 0 Å². The second-order valence-corrected chi connectivity index (χ2v) is 5.08. The molecular weight excluding hydrogens is 258 g/mol. The van der Waals surface area contributed by atoms with Crippen LogP contribution in [0.1, 0.15) is 48.8 Å². The SMILES string of the molecule is Cc1cnc(C(=O)O[C@@H](C)C(=O)NC2CCCC2)cn1. The molecule has 20 heavy (non-hydrogen) atoms. The predicted octanol–water partition coefficient (Wildman–Crippen LogP) is 1.39. The largest absolute Gasteiger partial charge is 0.448 e. The number of hydrogen-bond acceptors (Lipinski definition) is 5. The first kappa shape index (κ1) is 14.4. The lowest BCUT2D eigenvalue weighted by atomic mass is 10.2. The molecule has 2 rings (SSSR count). The van der Waals surface area contributed by atoms with Crippen molar-refractivity contribution in [2.45, 2.75) is 51.7 Å². The standard InChI is InChI=1S/C14H19N3O3/c1-9-7-16-12(8-15-9)14(19)20-10(2)13(18)17-11-5-3-4-6-11/h7-8,10-11H,3-6H2,1-2H3,(H,17,18)/t10-/m0/s1. The average molecular weight is 277 g/mol. The fourth-order valence-corrected chi connectivity index (χ4v) is 2.16. The Morgan fingerprint density at radius 3 is 2.60 bits per heavy atom. The van der Waals surface area contributed by atoms with Crippen molar-refractivity contribution in [2.75, 3.05) is 0 Å². The lowest BCUT2D eigenvalue weighted by Gasteiger charge is -2.16. The van der Waals surface area contributed by atoms with Crippen LogP contribution in [0.4, 0.5) is 0 Å². The average Bonchev–Trinajstić information content (AvgIpc) is 2.92. The van der Waals surface area contributed by atoms with Gasteiger partial charge in [0, 0.05) is 12.2 Å². The molecule has 1 fully saturated rings. The van der Waals surface area contributed by atoms with Gasteiger partial charge >= 0.3 is 5.97 Å². The summed E-state index contributed by atoms with van der Waals surface area (Å²) in [6, 6.07) is 0.211. The van der Waals surface area contributed by atoms with Gasteiger partial charge in [-0.05, 0) is 26.7 Å². The van der Waals surface area contributed by atoms with Crippen molar-refractivity contribution in [3.63, 3.8) is 0 Å². The topological polar surface area (TPSA) is 81.2 Å². The minimum absolute atomic E-state index is 0.108. The van der Waals surface area contributed by atoms with Crippen LogP contribution in [0.25, 0.3) is 0 Å². The van der Waals surface area contributed by atoms with E-state index in [1.54, 1.807) is 13.8 Å². The van der Waals surface area contributed by atoms with E-state index in [9.17, 15) is 9.59 Å². The third kappa shape index (κ3) is 3.76. The molecule has 1 aromatic rings. The molecule has 6 heteroatoms. The Morgan fingerprint density at radius 2 is 2.00 bits per heavy atom. The van der Waals surface area contributed by atoms with Gasteiger partial charge in [-0.3, -0.25) is 9.78 Å². The van der Waals surface area contributed by atoms with Crippen molar-refractivity contribution < 1.29 is 14.3 Å². The molecule has 1 aliphatic carbocycles. The summed E-state index contributed by atoms with van der Waals surface area (Å²) >= 11 is 0. The Labute approximate surface area is 118 Å². The highest BCUT2D eigenvalue weighted by molar-refractivity contribution is 5.90. The first-order valence-corrected chi connectivity index (χ1v) is 6.86. The molecule has 0 bridgehead atoms. The van der Waals surface area contributed by atoms with Crippen molar-refractivity contribution in [1.82, 2.24) is 15.3 Å². The smallest absolute Gasteiger partial charge is 0.359 e. The second-order valence-electron chi connectivity index (χ2n) is 5.08. The molecule has 1 aliphatic rings. The van der Waals surface area contributed by atoms with E-state index in [0.717, 1.165) is 25.7 Å². The predicted molar refractivity (Wildman–Crippen MR) is 72.0 cm³/mol. The Balaban J connectivity index is 1.86. The lowest BCUT2D eigenvalue weighted by Crippen LogP contribution is -2.40. The number of carbonyl (C=O) groups is 2. The molecule has 0 radical (unpaired) electrons. The summed E-state index contributed by atoms with van der Waals surface area (Å²) in [5, 5.41) is 2.89. The van der Waals surface area contributed by atoms with Crippen LogP contribution in [0.2, 0.25) is 0 Å². The first-order valence-electron chi connectivity index (χ1n) is 6.86. The molecule has 108 valence electrons. The molecule has 1 saturated carbocycles. The number of nitrogens with one attached hydrogen (secondary N) is 1. The van der Waals surface area contributed by atoms with Crippen LogP contribution in [0.5, 0.6) is 0 Å². The molecule has 0 aromatic carbocycles. The number of nitrogens with zero attached hydrogens (tertiary/aromatic N) is 2. The third-order valence-corrected chi connectivity index (χ3v) is 3.34. The maximum Gasteiger partial charge on any atom is 0.359 e. The summed E-state index contributed by atoms with van der Waals surface area (Å²) in [6.07, 6.45) is 6.27. The number of carbonyl (C=O) groups excluding carboxylic acids is 2. The van der Waals surface area contributed by atoms with E-state index in [-0.39, 0.29) is 17.6 Å². The molecular formula is C14H19N3O3. The van der Waals surface area contributed by atoms with Crippen molar-refractivity contribution in [1.29, 1.82) is 0 Å². The van der Waals surface area contributed by atoms with Gasteiger partial charge in [0.1, 0.15) is 0 Å². The number of rotatable bonds is 4. The van der Waals surface area contributed by atoms with Gasteiger partial charge in [-0.1, -0.05) is 12.8 Å². The Morgan fingerprint density at radius 1 is 1.30 bits per heavy atom. The van der Waals surface area contributed by atoms with Crippen molar-refractivity contribution in [3.05, 3.63) is 23.8 Å². The van der Waals surface area contributed by atoms with Gasteiger partial charge in [0.25, 0.3) is 5.91 Å². The molecule has 0 spiro atoms. The minimum Gasteiger partial charge on any atom is -0.448 e. The van der Waals surface area contributed by atoms with Crippen LogP contribution in [-0.2, 0) is 9.53 Å². The maximum atomic E-state index is 11.9. The highest BCUT2D eigenvalue weighted by Gasteiger charge is 2.23. The normalized spacial score (nSPS) is 16.7. The molecule has 1 heterocycles. The van der Waals surface area contributed by atoms with Gasteiger partial charge < -0.3 is 10.1 Å². The van der Waals surface area contributed by atoms with Crippen LogP contribution in [0.3, 0.4) is 0 Å². The van der Waals surface area contributed by atoms with Gasteiger partial charge in [0.2, 0.25) is 0 Å². The number of ether oxygens (including phenoxy) is 1. The highest BCUT2D eigenvalue weighted by atomic mass is 16.5. The summed E-state index contributed by atoms with van der Waals surface area (Å²) in [5.74, 6) is -0.892. The zero-order valence-corrected chi connectivity index (χ0v) is 11.8. The molecule has 0 saturated heterocycles. The molecule has 0 aliphatic heterocycles. The van der Waals surface area contributed by atoms with E-state index in [1.807, 2.05) is 0 Å². The van der Waals surface area contributed by atoms with E-state index in [1.165, 1.54) is 12.4 Å². The van der Waals surface area contributed by atoms with Gasteiger partial charge in [-0.2, -0.15) is 0 Å². The van der Waals surface area contributed by atoms with E-state index in [0.29, 0.717) is 5.69 Å². The summed E-state index contributed by atoms with van der Waals surface area (Å²) in [4.78, 5) is 31.6. The number of hydrogen-bond donors (Lipinski definition) is 1. The monoisotopic (exact) mass is 277 g/mol. The van der Waals surface area contributed by atoms with E-state index < -0.39 is 12.1 Å². The zero-order chi connectivity index (χ0) is 14.5. The molecule has 1 atom stereocenters. The Kier molecular flexibility index (Phi) is 4.65. The van der Waals surface area contributed by atoms with Crippen LogP contribution < -0.4 is 5.32 Å². The molecule has 0 unspecified atom stereocenters. The second kappa shape index (κ2) is 6.45. The lowest BCUT2D eigenvalue weighted by molar-refractivity contribution is -0.129. The van der Waals surface area contributed by atoms with Crippen LogP contribution in [0, 0.1) is 6.92 Å². The van der Waals surface area contributed by atoms with E-state index >= 15 is 0 Å². The van der Waals surface area contributed by atoms with Gasteiger partial charge in [-0.15, -0.1) is 0 Å². The number of amides is 1. The van der Waals surface area contributed by atoms with Gasteiger partial charge in [0.05, 0.1) is 11.9 Å². The zero-order valence-electron chi connectivity index (χ0n) is 11.8. The fraction of sp³-hybridized carbons (Fsp3) is 0.571. The van der Waals surface area contributed by atoms with Crippen molar-refractivity contribution >= 4 is 11.9 Å². The van der Waals surface area contributed by atoms with E-state index in [2.05, 4.69) is 15.3 Å². The minimum atomic E-state index is -0.828. The quantitative estimate of drug-likeness (QED) is 0.841. The number of aryl methyl sites for hydroxylation is 1. The fourth-order valence-electron chi connectivity index (χ4n) is 2.16. The molecule has 1 aromatic heterocycles. The molecule has 1 N–H and O–H groups in total. The van der Waals surface area contributed by atoms with Gasteiger partial charge in [-0.25, -0.2) is 9.78 Å². The molecule has 1 amide bonds. The summed E-state index contributed by atoms with van der Waals surface area (Å²) in [6.45, 7) is 3.34. The van der Waals surface area contributed by atoms with Crippen LogP contribution >= 0.6 is 0 Å². The number of esters is 1. The first-order chi connectivity index (χ1) is 9.56.